The van der Waals surface area contributed by atoms with Gasteiger partial charge in [0.25, 0.3) is 0 Å². The van der Waals surface area contributed by atoms with Gasteiger partial charge < -0.3 is 5.11 Å². The molecule has 134 valence electrons. The van der Waals surface area contributed by atoms with Crippen LogP contribution in [0.5, 0.6) is 5.75 Å². The van der Waals surface area contributed by atoms with Gasteiger partial charge in [0.2, 0.25) is 0 Å². The van der Waals surface area contributed by atoms with E-state index in [9.17, 15) is 5.11 Å². The predicted molar refractivity (Wildman–Crippen MR) is 111 cm³/mol. The second kappa shape index (κ2) is 8.63. The number of hydrogen-bond acceptors (Lipinski definition) is 7. The van der Waals surface area contributed by atoms with Gasteiger partial charge in [-0.1, -0.05) is 0 Å². The quantitative estimate of drug-likeness (QED) is 0.264. The van der Waals surface area contributed by atoms with Gasteiger partial charge in [-0.15, -0.1) is 0 Å². The van der Waals surface area contributed by atoms with Crippen molar-refractivity contribution >= 4 is 48.9 Å². The van der Waals surface area contributed by atoms with E-state index in [4.69, 9.17) is 4.98 Å². The van der Waals surface area contributed by atoms with E-state index in [1.165, 1.54) is 21.5 Å². The minimum absolute atomic E-state index is 0.238. The molecule has 5 nitrogen and oxygen atoms in total. The Hall–Kier alpha value is -2.25. The van der Waals surface area contributed by atoms with Gasteiger partial charge in [-0.2, -0.15) is 0 Å². The topological polar surface area (TPSA) is 71.3 Å². The van der Waals surface area contributed by atoms with Crippen LogP contribution in [0.1, 0.15) is 11.3 Å². The maximum atomic E-state index is 9.30. The Morgan fingerprint density at radius 1 is 1.07 bits per heavy atom. The summed E-state index contributed by atoms with van der Waals surface area (Å²) >= 11 is 3.38. The number of aliphatic imine (C=N–C) groups is 1. The number of thioether (sulfide) groups is 1. The standard InChI is InChI=1S/C19H14N4OS2Se/c24-16-8-6-13(7-9-16)10-20-18-22-23-19(26-18)25-11-15-12-27-17(21-15)14-4-2-1-3-5-14/h1-10,12,24H,11H2/b20-10+. The Balaban J connectivity index is 1.36. The molecule has 0 atom stereocenters. The van der Waals surface area contributed by atoms with Crippen LogP contribution < -0.4 is 0 Å². The van der Waals surface area contributed by atoms with Gasteiger partial charge in [0.05, 0.1) is 0 Å². The molecule has 0 aliphatic carbocycles. The van der Waals surface area contributed by atoms with Gasteiger partial charge >= 0.3 is 160 Å². The molecule has 0 unspecified atom stereocenters. The third kappa shape index (κ3) is 4.93. The molecule has 2 heterocycles. The first-order valence-corrected chi connectivity index (χ1v) is 11.7. The van der Waals surface area contributed by atoms with Crippen LogP contribution >= 0.6 is 23.1 Å². The first-order chi connectivity index (χ1) is 13.3. The molecule has 1 N–H and O–H groups in total. The van der Waals surface area contributed by atoms with E-state index in [-0.39, 0.29) is 20.3 Å². The first kappa shape index (κ1) is 18.1. The number of hydrogen-bond donors (Lipinski definition) is 1. The van der Waals surface area contributed by atoms with E-state index in [1.807, 2.05) is 18.2 Å². The summed E-state index contributed by atoms with van der Waals surface area (Å²) in [7, 11) is 0. The van der Waals surface area contributed by atoms with Crippen molar-refractivity contribution in [1.29, 1.82) is 0 Å². The molecule has 0 fully saturated rings. The number of benzene rings is 2. The minimum atomic E-state index is 0.238. The number of phenolic OH excluding ortho intramolecular Hbond substituents is 1. The predicted octanol–water partition coefficient (Wildman–Crippen LogP) is 4.41. The van der Waals surface area contributed by atoms with E-state index in [0.29, 0.717) is 5.13 Å². The summed E-state index contributed by atoms with van der Waals surface area (Å²) in [6.07, 6.45) is 1.72. The Kier molecular flexibility index (Phi) is 5.79. The van der Waals surface area contributed by atoms with Gasteiger partial charge in [-0.3, -0.25) is 0 Å². The summed E-state index contributed by atoms with van der Waals surface area (Å²) in [6.45, 7) is 0. The van der Waals surface area contributed by atoms with E-state index in [1.54, 1.807) is 42.2 Å². The molecule has 2 aromatic heterocycles. The molecule has 0 aliphatic heterocycles. The monoisotopic (exact) mass is 458 g/mol. The summed E-state index contributed by atoms with van der Waals surface area (Å²) < 4.78 is 2.06. The fourth-order valence-electron chi connectivity index (χ4n) is 2.23. The summed E-state index contributed by atoms with van der Waals surface area (Å²) in [5.41, 5.74) is 3.21. The third-order valence-electron chi connectivity index (χ3n) is 3.53. The SMILES string of the molecule is Oc1ccc(/C=N/c2nnc(SCc3c[se]c(-c4ccccc4)n3)s2)cc1. The van der Waals surface area contributed by atoms with Crippen LogP contribution in [0, 0.1) is 0 Å². The van der Waals surface area contributed by atoms with Crippen molar-refractivity contribution < 1.29 is 5.11 Å². The van der Waals surface area contributed by atoms with Crippen LogP contribution in [0.4, 0.5) is 5.13 Å². The average Bonchev–Trinajstić information content (AvgIpc) is 3.36. The first-order valence-electron chi connectivity index (χ1n) is 8.05. The summed E-state index contributed by atoms with van der Waals surface area (Å²) in [5, 5.41) is 18.2. The molecular weight excluding hydrogens is 443 g/mol. The Morgan fingerprint density at radius 2 is 1.89 bits per heavy atom. The summed E-state index contributed by atoms with van der Waals surface area (Å²) in [5.74, 6) is 1.02. The third-order valence-corrected chi connectivity index (χ3v) is 7.50. The zero-order chi connectivity index (χ0) is 18.5. The molecule has 2 aromatic carbocycles. The van der Waals surface area contributed by atoms with Gasteiger partial charge in [-0.05, 0) is 0 Å². The van der Waals surface area contributed by atoms with Crippen molar-refractivity contribution in [3.8, 4) is 15.9 Å². The number of rotatable bonds is 6. The van der Waals surface area contributed by atoms with Crippen molar-refractivity contribution in [3.63, 3.8) is 0 Å². The van der Waals surface area contributed by atoms with Crippen LogP contribution in [0.15, 0.2) is 68.9 Å². The molecule has 0 bridgehead atoms. The maximum absolute atomic E-state index is 9.30. The van der Waals surface area contributed by atoms with E-state index in [2.05, 4.69) is 32.3 Å². The van der Waals surface area contributed by atoms with Crippen LogP contribution in [0.25, 0.3) is 10.1 Å². The Morgan fingerprint density at radius 3 is 2.70 bits per heavy atom. The molecule has 0 spiro atoms. The average molecular weight is 457 g/mol. The number of aromatic hydroxyl groups is 1. The second-order valence-corrected chi connectivity index (χ2v) is 9.48. The fraction of sp³-hybridized carbons (Fsp3) is 0.0526. The van der Waals surface area contributed by atoms with Crippen LogP contribution in [-0.2, 0) is 5.75 Å². The molecule has 27 heavy (non-hydrogen) atoms. The zero-order valence-electron chi connectivity index (χ0n) is 14.0. The molecule has 0 aliphatic rings. The van der Waals surface area contributed by atoms with Crippen molar-refractivity contribution in [2.24, 2.45) is 4.99 Å². The molecule has 0 radical (unpaired) electrons. The fourth-order valence-corrected chi connectivity index (χ4v) is 5.77. The van der Waals surface area contributed by atoms with Crippen molar-refractivity contribution in [2.45, 2.75) is 10.1 Å². The van der Waals surface area contributed by atoms with Gasteiger partial charge in [-0.25, -0.2) is 0 Å². The van der Waals surface area contributed by atoms with Gasteiger partial charge in [0, 0.05) is 0 Å². The number of phenols is 1. The molecular formula is C19H14N4OS2Se. The number of aromatic nitrogens is 3. The summed E-state index contributed by atoms with van der Waals surface area (Å²) in [4.78, 5) is 11.3. The van der Waals surface area contributed by atoms with E-state index < -0.39 is 0 Å². The van der Waals surface area contributed by atoms with Crippen LogP contribution in [0.3, 0.4) is 0 Å². The van der Waals surface area contributed by atoms with Crippen molar-refractivity contribution in [3.05, 3.63) is 70.8 Å². The van der Waals surface area contributed by atoms with Crippen LogP contribution in [-0.4, -0.2) is 41.0 Å². The molecule has 4 rings (SSSR count). The van der Waals surface area contributed by atoms with E-state index in [0.717, 1.165) is 21.3 Å². The van der Waals surface area contributed by atoms with Crippen molar-refractivity contribution in [2.75, 3.05) is 0 Å². The van der Waals surface area contributed by atoms with E-state index >= 15 is 0 Å². The molecule has 0 saturated carbocycles. The molecule has 0 amide bonds. The van der Waals surface area contributed by atoms with Gasteiger partial charge in [0.15, 0.2) is 0 Å². The Bertz CT molecular complexity index is 1050. The van der Waals surface area contributed by atoms with Gasteiger partial charge in [0.1, 0.15) is 5.75 Å². The zero-order valence-corrected chi connectivity index (χ0v) is 17.4. The van der Waals surface area contributed by atoms with Crippen molar-refractivity contribution in [1.82, 2.24) is 15.2 Å². The Labute approximate surface area is 170 Å². The second-order valence-electron chi connectivity index (χ2n) is 5.50. The molecule has 0 saturated heterocycles. The number of nitrogens with zero attached hydrogens (tertiary/aromatic N) is 4. The van der Waals surface area contributed by atoms with Crippen LogP contribution in [0.2, 0.25) is 0 Å². The summed E-state index contributed by atoms with van der Waals surface area (Å²) in [6, 6.07) is 17.2. The molecule has 4 aromatic rings. The molecule has 8 heteroatoms. The normalized spacial score (nSPS) is 11.3.